The molecule has 1 N–H and O–H groups in total. The van der Waals surface area contributed by atoms with E-state index in [1.165, 1.54) is 135 Å². The van der Waals surface area contributed by atoms with Crippen molar-refractivity contribution >= 4 is 19.8 Å². The van der Waals surface area contributed by atoms with Crippen LogP contribution in [0.25, 0.3) is 0 Å². The first-order chi connectivity index (χ1) is 43.0. The van der Waals surface area contributed by atoms with Gasteiger partial charge in [-0.15, -0.1) is 0 Å². The van der Waals surface area contributed by atoms with Gasteiger partial charge in [-0.3, -0.25) is 18.6 Å². The molecule has 502 valence electrons. The van der Waals surface area contributed by atoms with E-state index in [1.54, 1.807) is 0 Å². The first-order valence-electron chi connectivity index (χ1n) is 35.6. The van der Waals surface area contributed by atoms with Gasteiger partial charge in [-0.05, 0) is 122 Å². The van der Waals surface area contributed by atoms with Crippen molar-refractivity contribution in [1.82, 2.24) is 0 Å². The fraction of sp³-hybridized carbons (Fsp3) is 0.667. The number of quaternary nitrogens is 1. The quantitative estimate of drug-likeness (QED) is 0.0211. The molecular weight excluding hydrogens is 1110 g/mol. The summed E-state index contributed by atoms with van der Waals surface area (Å²) in [4.78, 5) is 35.9. The molecule has 10 heteroatoms. The Morgan fingerprint density at radius 3 is 0.966 bits per heavy atom. The maximum atomic E-state index is 12.9. The van der Waals surface area contributed by atoms with Crippen LogP contribution in [0.4, 0.5) is 0 Å². The molecule has 0 spiro atoms. The Balaban J connectivity index is 4.16. The molecular formula is C78H133NO8P+. The zero-order valence-electron chi connectivity index (χ0n) is 57.2. The summed E-state index contributed by atoms with van der Waals surface area (Å²) in [5, 5.41) is 0. The topological polar surface area (TPSA) is 108 Å². The lowest BCUT2D eigenvalue weighted by Gasteiger charge is -2.24. The average Bonchev–Trinajstić information content (AvgIpc) is 3.57. The Kier molecular flexibility index (Phi) is 64.1. The third-order valence-corrected chi connectivity index (χ3v) is 15.8. The number of allylic oxidation sites excluding steroid dienone is 24. The van der Waals surface area contributed by atoms with Gasteiger partial charge >= 0.3 is 19.8 Å². The van der Waals surface area contributed by atoms with Gasteiger partial charge in [-0.2, -0.15) is 0 Å². The van der Waals surface area contributed by atoms with Gasteiger partial charge in [0.15, 0.2) is 6.10 Å². The lowest BCUT2D eigenvalue weighted by Crippen LogP contribution is -2.37. The third-order valence-electron chi connectivity index (χ3n) is 14.9. The molecule has 88 heavy (non-hydrogen) atoms. The van der Waals surface area contributed by atoms with Crippen LogP contribution in [0.15, 0.2) is 146 Å². The molecule has 0 aliphatic rings. The van der Waals surface area contributed by atoms with Gasteiger partial charge in [0.05, 0.1) is 27.7 Å². The second-order valence-corrected chi connectivity index (χ2v) is 26.0. The fourth-order valence-electron chi connectivity index (χ4n) is 9.43. The van der Waals surface area contributed by atoms with E-state index in [0.717, 1.165) is 116 Å². The predicted molar refractivity (Wildman–Crippen MR) is 380 cm³/mol. The Morgan fingerprint density at radius 1 is 0.364 bits per heavy atom. The Morgan fingerprint density at radius 2 is 0.648 bits per heavy atom. The highest BCUT2D eigenvalue weighted by Gasteiger charge is 2.27. The smallest absolute Gasteiger partial charge is 0.462 e. The average molecular weight is 1240 g/mol. The highest BCUT2D eigenvalue weighted by molar-refractivity contribution is 7.47. The highest BCUT2D eigenvalue weighted by atomic mass is 31.2. The van der Waals surface area contributed by atoms with E-state index >= 15 is 0 Å². The number of ether oxygens (including phenoxy) is 2. The van der Waals surface area contributed by atoms with Crippen LogP contribution in [0.1, 0.15) is 284 Å². The van der Waals surface area contributed by atoms with E-state index in [1.807, 2.05) is 21.1 Å². The van der Waals surface area contributed by atoms with E-state index in [-0.39, 0.29) is 32.0 Å². The van der Waals surface area contributed by atoms with Crippen molar-refractivity contribution in [3.05, 3.63) is 146 Å². The minimum atomic E-state index is -4.41. The molecule has 0 saturated carbocycles. The first kappa shape index (κ1) is 83.9. The lowest BCUT2D eigenvalue weighted by molar-refractivity contribution is -0.870. The molecule has 2 unspecified atom stereocenters. The number of carbonyl (C=O) groups is 2. The van der Waals surface area contributed by atoms with Crippen LogP contribution >= 0.6 is 7.82 Å². The largest absolute Gasteiger partial charge is 0.472 e. The van der Waals surface area contributed by atoms with Gasteiger partial charge in [-0.25, -0.2) is 4.57 Å². The Bertz CT molecular complexity index is 2000. The number of rotatable bonds is 64. The van der Waals surface area contributed by atoms with E-state index in [4.69, 9.17) is 18.5 Å². The van der Waals surface area contributed by atoms with Crippen molar-refractivity contribution in [2.45, 2.75) is 290 Å². The van der Waals surface area contributed by atoms with Crippen LogP contribution < -0.4 is 0 Å². The zero-order valence-corrected chi connectivity index (χ0v) is 58.1. The van der Waals surface area contributed by atoms with E-state index in [0.29, 0.717) is 17.4 Å². The van der Waals surface area contributed by atoms with Gasteiger partial charge < -0.3 is 18.9 Å². The predicted octanol–water partition coefficient (Wildman–Crippen LogP) is 23.4. The van der Waals surface area contributed by atoms with Crippen molar-refractivity contribution in [3.8, 4) is 0 Å². The van der Waals surface area contributed by atoms with Gasteiger partial charge in [0.1, 0.15) is 19.8 Å². The number of nitrogens with zero attached hydrogens (tertiary/aromatic N) is 1. The van der Waals surface area contributed by atoms with Crippen LogP contribution in [0.2, 0.25) is 0 Å². The fourth-order valence-corrected chi connectivity index (χ4v) is 10.2. The zero-order chi connectivity index (χ0) is 64.1. The van der Waals surface area contributed by atoms with Crippen molar-refractivity contribution in [2.24, 2.45) is 0 Å². The maximum absolute atomic E-state index is 12.9. The van der Waals surface area contributed by atoms with E-state index < -0.39 is 26.5 Å². The van der Waals surface area contributed by atoms with Gasteiger partial charge in [0.2, 0.25) is 0 Å². The van der Waals surface area contributed by atoms with E-state index in [2.05, 4.69) is 160 Å². The molecule has 0 amide bonds. The van der Waals surface area contributed by atoms with Crippen LogP contribution in [-0.2, 0) is 32.7 Å². The van der Waals surface area contributed by atoms with E-state index in [9.17, 15) is 19.0 Å². The number of unbranched alkanes of at least 4 members (excludes halogenated alkanes) is 26. The summed E-state index contributed by atoms with van der Waals surface area (Å²) < 4.78 is 34.7. The molecule has 0 aliphatic carbocycles. The summed E-state index contributed by atoms with van der Waals surface area (Å²) in [7, 11) is 1.45. The van der Waals surface area contributed by atoms with Gasteiger partial charge in [0, 0.05) is 12.8 Å². The van der Waals surface area contributed by atoms with Crippen molar-refractivity contribution in [2.75, 3.05) is 47.5 Å². The molecule has 0 aliphatic heterocycles. The molecule has 0 aromatic heterocycles. The molecule has 0 bridgehead atoms. The van der Waals surface area contributed by atoms with Gasteiger partial charge in [0.25, 0.3) is 0 Å². The summed E-state index contributed by atoms with van der Waals surface area (Å²) in [6, 6.07) is 0. The summed E-state index contributed by atoms with van der Waals surface area (Å²) in [6.45, 7) is 4.29. The lowest BCUT2D eigenvalue weighted by atomic mass is 10.0. The minimum absolute atomic E-state index is 0.0196. The number of likely N-dealkylation sites (N-methyl/N-ethyl adjacent to an activating group) is 1. The molecule has 9 nitrogen and oxygen atoms in total. The van der Waals surface area contributed by atoms with Crippen LogP contribution in [0.3, 0.4) is 0 Å². The number of phosphoric acid groups is 1. The first-order valence-corrected chi connectivity index (χ1v) is 37.1. The second kappa shape index (κ2) is 67.3. The molecule has 2 atom stereocenters. The minimum Gasteiger partial charge on any atom is -0.462 e. The number of hydrogen-bond donors (Lipinski definition) is 1. The molecule has 0 aromatic rings. The van der Waals surface area contributed by atoms with Crippen LogP contribution in [0.5, 0.6) is 0 Å². The standard InChI is InChI=1S/C78H132NO8P/c1-6-8-10-12-14-16-18-20-22-24-26-28-30-32-34-36-37-38-39-40-41-43-45-47-49-51-53-55-57-59-61-63-65-67-69-71-78(81)87-76(75-86-88(82,83)85-73-72-79(3,4)5)74-84-77(80)70-68-66-64-62-60-58-56-54-52-50-48-46-44-42-35-33-31-29-27-25-23-21-19-17-15-13-11-9-7-2/h8,10,14,16,19-22,25-28,32,34,37-38,40-41,45,47,51,53,57,59,76H,6-7,9,11-13,15,17-18,23-24,29-31,33,35-36,39,42-44,46,48-50,52,54-56,58,60-75H2,1-5H3/p+1/b10-8-,16-14-,21-19-,22-20-,27-25-,28-26-,34-32-,38-37-,41-40-,47-45-,53-51-,59-57-. The second-order valence-electron chi connectivity index (χ2n) is 24.5. The summed E-state index contributed by atoms with van der Waals surface area (Å²) >= 11 is 0. The third kappa shape index (κ3) is 71.0. The van der Waals surface area contributed by atoms with Crippen molar-refractivity contribution < 1.29 is 42.1 Å². The number of phosphoric ester groups is 1. The van der Waals surface area contributed by atoms with Crippen LogP contribution in [0, 0.1) is 0 Å². The number of esters is 2. The monoisotopic (exact) mass is 1240 g/mol. The molecule has 0 heterocycles. The summed E-state index contributed by atoms with van der Waals surface area (Å²) in [6.07, 6.45) is 99.5. The molecule has 0 rings (SSSR count). The molecule has 0 saturated heterocycles. The van der Waals surface area contributed by atoms with Crippen LogP contribution in [-0.4, -0.2) is 74.9 Å². The number of carbonyl (C=O) groups excluding carboxylic acids is 2. The maximum Gasteiger partial charge on any atom is 0.472 e. The molecule has 0 fully saturated rings. The summed E-state index contributed by atoms with van der Waals surface area (Å²) in [5.41, 5.74) is 0. The highest BCUT2D eigenvalue weighted by Crippen LogP contribution is 2.43. The molecule has 0 radical (unpaired) electrons. The number of hydrogen-bond acceptors (Lipinski definition) is 7. The van der Waals surface area contributed by atoms with Crippen molar-refractivity contribution in [1.29, 1.82) is 0 Å². The summed E-state index contributed by atoms with van der Waals surface area (Å²) in [5.74, 6) is -0.829. The Labute approximate surface area is 542 Å². The van der Waals surface area contributed by atoms with Gasteiger partial charge in [-0.1, -0.05) is 295 Å². The normalized spacial score (nSPS) is 14.0. The Hall–Kier alpha value is -4.11. The molecule has 0 aromatic carbocycles. The SMILES string of the molecule is CC/C=C\C/C=C\C/C=C\C/C=C\C/C=C\C/C=C\C/C=C\C/C=C\C/C=C\C/C=C\CCCCCCC(=O)OC(COC(=O)CCCCCCCCCCCCCCCCCCC/C=C\C/C=C\CCCCCCC)COP(=O)(O)OCC[N+](C)(C)C. The van der Waals surface area contributed by atoms with Crippen molar-refractivity contribution in [3.63, 3.8) is 0 Å².